The van der Waals surface area contributed by atoms with Gasteiger partial charge in [-0.2, -0.15) is 5.10 Å². The van der Waals surface area contributed by atoms with E-state index < -0.39 is 0 Å². The number of aromatic nitrogens is 2. The zero-order valence-electron chi connectivity index (χ0n) is 19.6. The van der Waals surface area contributed by atoms with Crippen LogP contribution in [0.4, 0.5) is 0 Å². The number of morpholine rings is 1. The fraction of sp³-hybridized carbons (Fsp3) is 0.423. The SMILES string of the molecule is CC(CN1CCOCC1)N(Cc1ccccc1)C(=O)c1nn(C(C)C)c(=O)c2ccccc12. The Morgan fingerprint density at radius 3 is 2.30 bits per heavy atom. The van der Waals surface area contributed by atoms with E-state index in [1.807, 2.05) is 67.3 Å². The first-order chi connectivity index (χ1) is 16.0. The molecule has 0 N–H and O–H groups in total. The molecule has 2 heterocycles. The Bertz CT molecular complexity index is 1150. The van der Waals surface area contributed by atoms with Crippen molar-refractivity contribution in [1.82, 2.24) is 19.6 Å². The van der Waals surface area contributed by atoms with E-state index in [0.717, 1.165) is 25.2 Å². The van der Waals surface area contributed by atoms with Crippen molar-refractivity contribution in [2.45, 2.75) is 39.4 Å². The molecule has 2 aromatic carbocycles. The van der Waals surface area contributed by atoms with Gasteiger partial charge in [-0.3, -0.25) is 14.5 Å². The summed E-state index contributed by atoms with van der Waals surface area (Å²) in [6, 6.07) is 17.1. The molecule has 1 aliphatic rings. The smallest absolute Gasteiger partial charge is 0.275 e. The minimum atomic E-state index is -0.173. The summed E-state index contributed by atoms with van der Waals surface area (Å²) < 4.78 is 6.90. The lowest BCUT2D eigenvalue weighted by atomic mass is 10.1. The normalized spacial score (nSPS) is 15.6. The molecule has 1 atom stereocenters. The van der Waals surface area contributed by atoms with E-state index in [4.69, 9.17) is 4.74 Å². The molecular weight excluding hydrogens is 416 g/mol. The Morgan fingerprint density at radius 2 is 1.64 bits per heavy atom. The van der Waals surface area contributed by atoms with Crippen LogP contribution in [-0.4, -0.2) is 64.4 Å². The first-order valence-corrected chi connectivity index (χ1v) is 11.6. The van der Waals surface area contributed by atoms with Gasteiger partial charge in [-0.1, -0.05) is 48.5 Å². The highest BCUT2D eigenvalue weighted by Gasteiger charge is 2.28. The van der Waals surface area contributed by atoms with Crippen LogP contribution in [0.25, 0.3) is 10.8 Å². The molecule has 4 rings (SSSR count). The molecule has 0 radical (unpaired) electrons. The van der Waals surface area contributed by atoms with Gasteiger partial charge in [0.2, 0.25) is 0 Å². The first kappa shape index (κ1) is 23.1. The van der Waals surface area contributed by atoms with Crippen molar-refractivity contribution >= 4 is 16.7 Å². The van der Waals surface area contributed by atoms with Crippen molar-refractivity contribution in [3.8, 4) is 0 Å². The number of hydrogen-bond acceptors (Lipinski definition) is 5. The fourth-order valence-electron chi connectivity index (χ4n) is 4.31. The molecule has 7 heteroatoms. The zero-order valence-corrected chi connectivity index (χ0v) is 19.6. The van der Waals surface area contributed by atoms with Gasteiger partial charge in [-0.25, -0.2) is 4.68 Å². The molecule has 1 fully saturated rings. The second-order valence-corrected chi connectivity index (χ2v) is 8.92. The van der Waals surface area contributed by atoms with Crippen LogP contribution in [0.3, 0.4) is 0 Å². The molecule has 33 heavy (non-hydrogen) atoms. The lowest BCUT2D eigenvalue weighted by Gasteiger charge is -2.35. The molecule has 0 aliphatic carbocycles. The summed E-state index contributed by atoms with van der Waals surface area (Å²) in [5.41, 5.74) is 1.21. The fourth-order valence-corrected chi connectivity index (χ4v) is 4.31. The molecule has 0 spiro atoms. The average molecular weight is 449 g/mol. The third-order valence-corrected chi connectivity index (χ3v) is 6.13. The van der Waals surface area contributed by atoms with Crippen LogP contribution in [-0.2, 0) is 11.3 Å². The Hall–Kier alpha value is -3.03. The molecule has 1 aliphatic heterocycles. The van der Waals surface area contributed by atoms with Crippen molar-refractivity contribution in [1.29, 1.82) is 0 Å². The molecule has 7 nitrogen and oxygen atoms in total. The van der Waals surface area contributed by atoms with Crippen molar-refractivity contribution in [3.63, 3.8) is 0 Å². The van der Waals surface area contributed by atoms with Gasteiger partial charge in [0.25, 0.3) is 11.5 Å². The molecule has 174 valence electrons. The van der Waals surface area contributed by atoms with Crippen molar-refractivity contribution in [3.05, 3.63) is 76.2 Å². The van der Waals surface area contributed by atoms with Gasteiger partial charge in [-0.05, 0) is 32.4 Å². The van der Waals surface area contributed by atoms with Crippen LogP contribution in [0.5, 0.6) is 0 Å². The predicted octanol–water partition coefficient (Wildman–Crippen LogP) is 3.34. The van der Waals surface area contributed by atoms with Crippen molar-refractivity contribution in [2.24, 2.45) is 0 Å². The first-order valence-electron chi connectivity index (χ1n) is 11.6. The van der Waals surface area contributed by atoms with E-state index in [2.05, 4.69) is 16.9 Å². The molecule has 3 aromatic rings. The third kappa shape index (κ3) is 5.15. The quantitative estimate of drug-likeness (QED) is 0.555. The zero-order chi connectivity index (χ0) is 23.4. The third-order valence-electron chi connectivity index (χ3n) is 6.13. The van der Waals surface area contributed by atoms with Crippen LogP contribution in [0, 0.1) is 0 Å². The Morgan fingerprint density at radius 1 is 1.00 bits per heavy atom. The number of ether oxygens (including phenoxy) is 1. The van der Waals surface area contributed by atoms with Crippen molar-refractivity contribution < 1.29 is 9.53 Å². The summed E-state index contributed by atoms with van der Waals surface area (Å²) in [4.78, 5) is 31.2. The van der Waals surface area contributed by atoms with Crippen LogP contribution < -0.4 is 5.56 Å². The van der Waals surface area contributed by atoms with E-state index >= 15 is 0 Å². The maximum atomic E-state index is 14.0. The number of rotatable bonds is 7. The van der Waals surface area contributed by atoms with E-state index in [9.17, 15) is 9.59 Å². The molecule has 1 unspecified atom stereocenters. The maximum absolute atomic E-state index is 14.0. The number of amides is 1. The van der Waals surface area contributed by atoms with Crippen LogP contribution >= 0.6 is 0 Å². The van der Waals surface area contributed by atoms with Gasteiger partial charge in [-0.15, -0.1) is 0 Å². The largest absolute Gasteiger partial charge is 0.379 e. The van der Waals surface area contributed by atoms with Crippen molar-refractivity contribution in [2.75, 3.05) is 32.8 Å². The highest BCUT2D eigenvalue weighted by atomic mass is 16.5. The van der Waals surface area contributed by atoms with Gasteiger partial charge >= 0.3 is 0 Å². The summed E-state index contributed by atoms with van der Waals surface area (Å²) in [6.45, 7) is 10.3. The summed E-state index contributed by atoms with van der Waals surface area (Å²) in [7, 11) is 0. The van der Waals surface area contributed by atoms with E-state index in [-0.39, 0.29) is 23.6 Å². The maximum Gasteiger partial charge on any atom is 0.275 e. The Kier molecular flexibility index (Phi) is 7.20. The van der Waals surface area contributed by atoms with E-state index in [0.29, 0.717) is 36.2 Å². The standard InChI is InChI=1S/C26H32N4O3/c1-19(2)30-25(31)23-12-8-7-11-22(23)24(27-30)26(32)29(18-21-9-5-4-6-10-21)20(3)17-28-13-15-33-16-14-28/h4-12,19-20H,13-18H2,1-3H3. The Labute approximate surface area is 194 Å². The van der Waals surface area contributed by atoms with E-state index in [1.165, 1.54) is 4.68 Å². The summed E-state index contributed by atoms with van der Waals surface area (Å²) in [6.07, 6.45) is 0. The van der Waals surface area contributed by atoms with Crippen LogP contribution in [0.1, 0.15) is 42.9 Å². The average Bonchev–Trinajstić information content (AvgIpc) is 2.83. The Balaban J connectivity index is 1.75. The number of benzene rings is 2. The van der Waals surface area contributed by atoms with Crippen LogP contribution in [0.2, 0.25) is 0 Å². The lowest BCUT2D eigenvalue weighted by molar-refractivity contribution is 0.0227. The van der Waals surface area contributed by atoms with E-state index in [1.54, 1.807) is 6.07 Å². The number of carbonyl (C=O) groups is 1. The van der Waals surface area contributed by atoms with Gasteiger partial charge in [0.15, 0.2) is 5.69 Å². The van der Waals surface area contributed by atoms with Gasteiger partial charge in [0, 0.05) is 37.6 Å². The van der Waals surface area contributed by atoms with Gasteiger partial charge in [0.1, 0.15) is 0 Å². The number of fused-ring (bicyclic) bond motifs is 1. The molecule has 1 aromatic heterocycles. The predicted molar refractivity (Wildman–Crippen MR) is 129 cm³/mol. The molecular formula is C26H32N4O3. The number of carbonyl (C=O) groups excluding carboxylic acids is 1. The monoisotopic (exact) mass is 448 g/mol. The van der Waals surface area contributed by atoms with Gasteiger partial charge < -0.3 is 9.64 Å². The summed E-state index contributed by atoms with van der Waals surface area (Å²) in [5, 5.41) is 5.69. The molecule has 1 saturated heterocycles. The van der Waals surface area contributed by atoms with Gasteiger partial charge in [0.05, 0.1) is 24.6 Å². The second-order valence-electron chi connectivity index (χ2n) is 8.92. The summed E-state index contributed by atoms with van der Waals surface area (Å²) >= 11 is 0. The second kappa shape index (κ2) is 10.3. The highest BCUT2D eigenvalue weighted by Crippen LogP contribution is 2.20. The number of nitrogens with zero attached hydrogens (tertiary/aromatic N) is 4. The minimum absolute atomic E-state index is 0.0456. The molecule has 1 amide bonds. The molecule has 0 saturated carbocycles. The minimum Gasteiger partial charge on any atom is -0.379 e. The molecule has 0 bridgehead atoms. The topological polar surface area (TPSA) is 67.7 Å². The summed E-state index contributed by atoms with van der Waals surface area (Å²) in [5.74, 6) is -0.162. The lowest BCUT2D eigenvalue weighted by Crippen LogP contribution is -2.48. The number of hydrogen-bond donors (Lipinski definition) is 0. The highest BCUT2D eigenvalue weighted by molar-refractivity contribution is 6.04. The van der Waals surface area contributed by atoms with Crippen LogP contribution in [0.15, 0.2) is 59.4 Å².